The van der Waals surface area contributed by atoms with Crippen molar-refractivity contribution in [3.05, 3.63) is 72.5 Å². The van der Waals surface area contributed by atoms with Crippen molar-refractivity contribution < 1.29 is 18.9 Å². The highest BCUT2D eigenvalue weighted by atomic mass is 19.1. The summed E-state index contributed by atoms with van der Waals surface area (Å²) in [4.78, 5) is 28.2. The number of hydrogen-bond acceptors (Lipinski definition) is 2. The standard InChI is InChI=1S/C24H26FN3O2/c1-4-28(22-11-7-9-18-8-5-6-10-21(18)22)24(30)17(2)27(3)16-23(29)26-20-14-12-19(25)13-15-20/h5-15,17H,4,16H2,1-3H3,(H,26,29)/p+1/t17-/m0/s1. The van der Waals surface area contributed by atoms with E-state index in [1.165, 1.54) is 24.3 Å². The summed E-state index contributed by atoms with van der Waals surface area (Å²) in [6.07, 6.45) is 0. The number of nitrogens with zero attached hydrogens (tertiary/aromatic N) is 1. The van der Waals surface area contributed by atoms with E-state index >= 15 is 0 Å². The van der Waals surface area contributed by atoms with E-state index in [1.807, 2.05) is 63.4 Å². The monoisotopic (exact) mass is 408 g/mol. The van der Waals surface area contributed by atoms with Gasteiger partial charge in [0.25, 0.3) is 11.8 Å². The number of anilines is 2. The van der Waals surface area contributed by atoms with Gasteiger partial charge in [0, 0.05) is 17.6 Å². The second kappa shape index (κ2) is 9.50. The average Bonchev–Trinajstić information content (AvgIpc) is 2.75. The minimum Gasteiger partial charge on any atom is -0.321 e. The summed E-state index contributed by atoms with van der Waals surface area (Å²) < 4.78 is 13.0. The number of fused-ring (bicyclic) bond motifs is 1. The van der Waals surface area contributed by atoms with Crippen LogP contribution in [0.1, 0.15) is 13.8 Å². The third-order valence-corrected chi connectivity index (χ3v) is 5.32. The highest BCUT2D eigenvalue weighted by Crippen LogP contribution is 2.26. The molecule has 3 aromatic rings. The zero-order valence-electron chi connectivity index (χ0n) is 17.5. The number of halogens is 1. The number of nitrogens with one attached hydrogen (secondary N) is 2. The van der Waals surface area contributed by atoms with Gasteiger partial charge in [0.2, 0.25) is 0 Å². The Morgan fingerprint density at radius 2 is 1.70 bits per heavy atom. The molecule has 0 aliphatic rings. The van der Waals surface area contributed by atoms with E-state index in [0.717, 1.165) is 21.4 Å². The molecule has 0 spiro atoms. The van der Waals surface area contributed by atoms with Crippen LogP contribution in [0.25, 0.3) is 10.8 Å². The van der Waals surface area contributed by atoms with E-state index < -0.39 is 6.04 Å². The first-order valence-electron chi connectivity index (χ1n) is 10.1. The minimum absolute atomic E-state index is 0.0408. The lowest BCUT2D eigenvalue weighted by Gasteiger charge is -2.28. The number of rotatable bonds is 7. The lowest BCUT2D eigenvalue weighted by Crippen LogP contribution is -3.15. The van der Waals surface area contributed by atoms with E-state index in [1.54, 1.807) is 4.90 Å². The van der Waals surface area contributed by atoms with Crippen molar-refractivity contribution in [3.8, 4) is 0 Å². The molecule has 2 N–H and O–H groups in total. The summed E-state index contributed by atoms with van der Waals surface area (Å²) >= 11 is 0. The maximum atomic E-state index is 13.3. The maximum Gasteiger partial charge on any atom is 0.284 e. The van der Waals surface area contributed by atoms with Gasteiger partial charge in [-0.2, -0.15) is 0 Å². The maximum absolute atomic E-state index is 13.3. The van der Waals surface area contributed by atoms with Crippen molar-refractivity contribution in [2.75, 3.05) is 30.4 Å². The molecule has 0 radical (unpaired) electrons. The molecule has 0 aliphatic carbocycles. The van der Waals surface area contributed by atoms with Crippen LogP contribution in [0.4, 0.5) is 15.8 Å². The molecular weight excluding hydrogens is 381 g/mol. The molecule has 2 atom stereocenters. The number of hydrogen-bond donors (Lipinski definition) is 2. The molecule has 3 rings (SSSR count). The molecule has 0 saturated heterocycles. The molecule has 0 aliphatic heterocycles. The van der Waals surface area contributed by atoms with Crippen LogP contribution in [0.3, 0.4) is 0 Å². The fraction of sp³-hybridized carbons (Fsp3) is 0.250. The van der Waals surface area contributed by atoms with E-state index in [4.69, 9.17) is 0 Å². The van der Waals surface area contributed by atoms with Gasteiger partial charge in [0.15, 0.2) is 12.6 Å². The van der Waals surface area contributed by atoms with Crippen LogP contribution in [0.2, 0.25) is 0 Å². The summed E-state index contributed by atoms with van der Waals surface area (Å²) in [5.74, 6) is -0.629. The Morgan fingerprint density at radius 1 is 1.03 bits per heavy atom. The van der Waals surface area contributed by atoms with Crippen molar-refractivity contribution in [3.63, 3.8) is 0 Å². The Morgan fingerprint density at radius 3 is 2.40 bits per heavy atom. The van der Waals surface area contributed by atoms with Crippen LogP contribution >= 0.6 is 0 Å². The Labute approximate surface area is 176 Å². The molecule has 0 fully saturated rings. The van der Waals surface area contributed by atoms with Gasteiger partial charge in [-0.1, -0.05) is 36.4 Å². The topological polar surface area (TPSA) is 53.9 Å². The van der Waals surface area contributed by atoms with Crippen molar-refractivity contribution in [1.29, 1.82) is 0 Å². The number of carbonyl (C=O) groups is 2. The van der Waals surface area contributed by atoms with Crippen molar-refractivity contribution in [2.24, 2.45) is 0 Å². The number of carbonyl (C=O) groups excluding carboxylic acids is 2. The third kappa shape index (κ3) is 4.83. The summed E-state index contributed by atoms with van der Waals surface area (Å²) in [6.45, 7) is 4.43. The number of benzene rings is 3. The van der Waals surface area contributed by atoms with Gasteiger partial charge in [-0.25, -0.2) is 4.39 Å². The molecule has 3 aromatic carbocycles. The third-order valence-electron chi connectivity index (χ3n) is 5.32. The molecular formula is C24H27FN3O2+. The fourth-order valence-electron chi connectivity index (χ4n) is 3.48. The van der Waals surface area contributed by atoms with Crippen LogP contribution in [0.5, 0.6) is 0 Å². The quantitative estimate of drug-likeness (QED) is 0.632. The van der Waals surface area contributed by atoms with Crippen molar-refractivity contribution in [1.82, 2.24) is 0 Å². The van der Waals surface area contributed by atoms with Crippen LogP contribution in [0, 0.1) is 5.82 Å². The van der Waals surface area contributed by atoms with E-state index in [2.05, 4.69) is 5.32 Å². The largest absolute Gasteiger partial charge is 0.321 e. The zero-order chi connectivity index (χ0) is 21.7. The predicted molar refractivity (Wildman–Crippen MR) is 118 cm³/mol. The smallest absolute Gasteiger partial charge is 0.284 e. The molecule has 0 heterocycles. The number of likely N-dealkylation sites (N-methyl/N-ethyl adjacent to an activating group) is 2. The minimum atomic E-state index is -0.414. The highest BCUT2D eigenvalue weighted by Gasteiger charge is 2.29. The molecule has 0 aromatic heterocycles. The average molecular weight is 408 g/mol. The number of quaternary nitrogens is 1. The number of amides is 2. The first-order valence-corrected chi connectivity index (χ1v) is 10.1. The van der Waals surface area contributed by atoms with Crippen LogP contribution in [0.15, 0.2) is 66.7 Å². The molecule has 1 unspecified atom stereocenters. The molecule has 2 amide bonds. The zero-order valence-corrected chi connectivity index (χ0v) is 17.5. The molecule has 156 valence electrons. The lowest BCUT2D eigenvalue weighted by atomic mass is 10.1. The predicted octanol–water partition coefficient (Wildman–Crippen LogP) is 2.87. The Hall–Kier alpha value is -3.25. The molecule has 5 nitrogen and oxygen atoms in total. The molecule has 0 saturated carbocycles. The van der Waals surface area contributed by atoms with Gasteiger partial charge in [0.1, 0.15) is 5.82 Å². The first kappa shape index (κ1) is 21.5. The Kier molecular flexibility index (Phi) is 6.79. The second-order valence-corrected chi connectivity index (χ2v) is 7.38. The lowest BCUT2D eigenvalue weighted by molar-refractivity contribution is -0.885. The second-order valence-electron chi connectivity index (χ2n) is 7.38. The van der Waals surface area contributed by atoms with Crippen LogP contribution < -0.4 is 15.1 Å². The van der Waals surface area contributed by atoms with Crippen LogP contribution in [-0.4, -0.2) is 38.0 Å². The van der Waals surface area contributed by atoms with E-state index in [-0.39, 0.29) is 24.2 Å². The summed E-state index contributed by atoms with van der Waals surface area (Å²) in [5, 5.41) is 4.84. The van der Waals surface area contributed by atoms with E-state index in [9.17, 15) is 14.0 Å². The van der Waals surface area contributed by atoms with Crippen LogP contribution in [-0.2, 0) is 9.59 Å². The molecule has 30 heavy (non-hydrogen) atoms. The Balaban J connectivity index is 1.70. The van der Waals surface area contributed by atoms with Gasteiger partial charge in [-0.15, -0.1) is 0 Å². The van der Waals surface area contributed by atoms with Gasteiger partial charge in [-0.05, 0) is 49.6 Å². The van der Waals surface area contributed by atoms with Gasteiger partial charge < -0.3 is 15.1 Å². The van der Waals surface area contributed by atoms with Crippen molar-refractivity contribution >= 4 is 34.0 Å². The SMILES string of the molecule is CCN(C(=O)[C@H](C)[NH+](C)CC(=O)Nc1ccc(F)cc1)c1cccc2ccccc12. The first-order chi connectivity index (χ1) is 14.4. The Bertz CT molecular complexity index is 1030. The van der Waals surface area contributed by atoms with Gasteiger partial charge >= 0.3 is 0 Å². The summed E-state index contributed by atoms with van der Waals surface area (Å²) in [6, 6.07) is 19.1. The summed E-state index contributed by atoms with van der Waals surface area (Å²) in [5.41, 5.74) is 1.40. The molecule has 0 bridgehead atoms. The fourth-order valence-corrected chi connectivity index (χ4v) is 3.48. The molecule has 6 heteroatoms. The van der Waals surface area contributed by atoms with Gasteiger partial charge in [0.05, 0.1) is 12.7 Å². The van der Waals surface area contributed by atoms with E-state index in [0.29, 0.717) is 12.2 Å². The highest BCUT2D eigenvalue weighted by molar-refractivity contribution is 6.05. The van der Waals surface area contributed by atoms with Crippen molar-refractivity contribution in [2.45, 2.75) is 19.9 Å². The normalized spacial score (nSPS) is 12.9. The van der Waals surface area contributed by atoms with Gasteiger partial charge in [-0.3, -0.25) is 9.59 Å². The summed E-state index contributed by atoms with van der Waals surface area (Å²) in [7, 11) is 1.82.